The summed E-state index contributed by atoms with van der Waals surface area (Å²) in [5.41, 5.74) is 8.77. The minimum Gasteiger partial charge on any atom is -0.508 e. The number of hydrogen-bond acceptors (Lipinski definition) is 8. The normalized spacial score (nSPS) is 19.7. The van der Waals surface area contributed by atoms with Crippen LogP contribution in [0.25, 0.3) is 0 Å². The van der Waals surface area contributed by atoms with Crippen LogP contribution in [0.15, 0.2) is 94.7 Å². The van der Waals surface area contributed by atoms with Gasteiger partial charge in [0.05, 0.1) is 0 Å². The molecule has 4 aromatic rings. The molecule has 0 spiro atoms. The SMILES string of the molecule is CN(C)CCCSCCCCCCCCCC1c2ccc(O)cc2SCC1(C)c1ccc(O)cc1.Cc1ccc(C2(C)CSc3cc(C)ccc3C2CCCCCCCCCSCCCN(C)C)cc1. The van der Waals surface area contributed by atoms with E-state index in [2.05, 4.69) is 162 Å². The van der Waals surface area contributed by atoms with Crippen molar-refractivity contribution in [3.63, 3.8) is 0 Å². The quantitative estimate of drug-likeness (QED) is 0.0501. The number of benzene rings is 4. The van der Waals surface area contributed by atoms with Crippen molar-refractivity contribution in [2.75, 3.05) is 75.8 Å². The van der Waals surface area contributed by atoms with Crippen LogP contribution in [-0.4, -0.2) is 95.8 Å². The topological polar surface area (TPSA) is 46.9 Å². The zero-order valence-corrected chi connectivity index (χ0v) is 48.3. The zero-order chi connectivity index (χ0) is 50.2. The van der Waals surface area contributed by atoms with Crippen molar-refractivity contribution in [2.45, 2.75) is 176 Å². The molecule has 70 heavy (non-hydrogen) atoms. The van der Waals surface area contributed by atoms with Crippen molar-refractivity contribution in [3.05, 3.63) is 118 Å². The van der Waals surface area contributed by atoms with Crippen LogP contribution in [0.4, 0.5) is 0 Å². The molecule has 8 heteroatoms. The molecule has 0 aromatic heterocycles. The second-order valence-corrected chi connectivity index (χ2v) is 26.2. The maximum atomic E-state index is 10.0. The van der Waals surface area contributed by atoms with Gasteiger partial charge in [0, 0.05) is 32.1 Å². The molecule has 0 radical (unpaired) electrons. The molecule has 0 bridgehead atoms. The monoisotopic (exact) mass is 1030 g/mol. The molecule has 0 fully saturated rings. The molecular weight excluding hydrogens is 933 g/mol. The number of aromatic hydroxyl groups is 2. The molecular formula is C62H94N2O2S4. The number of hydrogen-bond donors (Lipinski definition) is 2. The summed E-state index contributed by atoms with van der Waals surface area (Å²) in [4.78, 5) is 7.31. The molecule has 0 amide bonds. The fourth-order valence-electron chi connectivity index (χ4n) is 10.7. The molecule has 0 saturated heterocycles. The fourth-order valence-corrected chi connectivity index (χ4v) is 15.4. The molecule has 0 aliphatic carbocycles. The predicted octanol–water partition coefficient (Wildman–Crippen LogP) is 17.3. The molecule has 6 rings (SSSR count). The van der Waals surface area contributed by atoms with E-state index in [-0.39, 0.29) is 10.8 Å². The van der Waals surface area contributed by atoms with E-state index >= 15 is 0 Å². The largest absolute Gasteiger partial charge is 0.508 e. The first-order valence-electron chi connectivity index (χ1n) is 27.3. The minimum atomic E-state index is 0.0204. The summed E-state index contributed by atoms with van der Waals surface area (Å²) in [5.74, 6) is 9.18. The van der Waals surface area contributed by atoms with E-state index in [1.165, 1.54) is 195 Å². The Morgan fingerprint density at radius 2 is 0.829 bits per heavy atom. The van der Waals surface area contributed by atoms with Gasteiger partial charge >= 0.3 is 0 Å². The number of unbranched alkanes of at least 4 members (excludes halogenated alkanes) is 12. The van der Waals surface area contributed by atoms with Gasteiger partial charge in [-0.15, -0.1) is 23.5 Å². The zero-order valence-electron chi connectivity index (χ0n) is 45.0. The lowest BCUT2D eigenvalue weighted by Gasteiger charge is -2.43. The summed E-state index contributed by atoms with van der Waals surface area (Å²) < 4.78 is 0. The van der Waals surface area contributed by atoms with Crippen LogP contribution in [0.1, 0.15) is 175 Å². The van der Waals surface area contributed by atoms with E-state index < -0.39 is 0 Å². The Bertz CT molecular complexity index is 1910. The Morgan fingerprint density at radius 3 is 1.30 bits per heavy atom. The standard InChI is InChI=1S/C32H49NS2.C30H45NO2S2/c1-26-15-18-28(19-16-26)32(3)25-35-31-24-27(2)17-20-29(31)30(32)14-11-9-7-6-8-10-12-22-34-23-13-21-33(4)5;1-30(24-13-15-25(32)16-14-24)23-35-29-22-26(33)17-18-27(29)28(30)12-9-7-5-4-6-8-10-20-34-21-11-19-31(2)3/h15-20,24,30H,6-14,21-23,25H2,1-5H3;13-18,22,28,32-33H,4-12,19-21,23H2,1-3H3. The Morgan fingerprint density at radius 1 is 0.457 bits per heavy atom. The number of phenols is 2. The van der Waals surface area contributed by atoms with E-state index in [0.29, 0.717) is 23.3 Å². The molecule has 4 aromatic carbocycles. The van der Waals surface area contributed by atoms with Gasteiger partial charge in [-0.25, -0.2) is 0 Å². The molecule has 0 saturated carbocycles. The number of nitrogens with zero attached hydrogens (tertiary/aromatic N) is 2. The first-order chi connectivity index (χ1) is 33.8. The van der Waals surface area contributed by atoms with Gasteiger partial charge in [0.1, 0.15) is 11.5 Å². The molecule has 2 aliphatic heterocycles. The summed E-state index contributed by atoms with van der Waals surface area (Å²) >= 11 is 8.19. The van der Waals surface area contributed by atoms with Gasteiger partial charge in [0.25, 0.3) is 0 Å². The minimum absolute atomic E-state index is 0.0204. The lowest BCUT2D eigenvalue weighted by Crippen LogP contribution is -2.36. The molecule has 388 valence electrons. The summed E-state index contributed by atoms with van der Waals surface area (Å²) in [5, 5.41) is 19.8. The highest BCUT2D eigenvalue weighted by Crippen LogP contribution is 2.54. The highest BCUT2D eigenvalue weighted by molar-refractivity contribution is 8.00. The van der Waals surface area contributed by atoms with Crippen molar-refractivity contribution in [2.24, 2.45) is 0 Å². The van der Waals surface area contributed by atoms with Crippen LogP contribution >= 0.6 is 47.0 Å². The number of rotatable bonds is 30. The first-order valence-corrected chi connectivity index (χ1v) is 31.6. The van der Waals surface area contributed by atoms with Gasteiger partial charge in [-0.1, -0.05) is 157 Å². The van der Waals surface area contributed by atoms with Gasteiger partial charge in [0.15, 0.2) is 0 Å². The third-order valence-corrected chi connectivity index (χ3v) is 20.2. The summed E-state index contributed by atoms with van der Waals surface area (Å²) in [6.45, 7) is 11.8. The van der Waals surface area contributed by atoms with Crippen molar-refractivity contribution in [1.82, 2.24) is 9.80 Å². The molecule has 4 atom stereocenters. The number of aryl methyl sites for hydroxylation is 2. The van der Waals surface area contributed by atoms with Crippen molar-refractivity contribution in [3.8, 4) is 11.5 Å². The predicted molar refractivity (Wildman–Crippen MR) is 315 cm³/mol. The Labute approximate surface area is 445 Å². The summed E-state index contributed by atoms with van der Waals surface area (Å²) in [6.07, 6.45) is 24.2. The van der Waals surface area contributed by atoms with Crippen LogP contribution in [-0.2, 0) is 10.8 Å². The number of phenolic OH excluding ortho intramolecular Hbond substituents is 2. The molecule has 2 N–H and O–H groups in total. The third-order valence-electron chi connectivity index (χ3n) is 15.1. The van der Waals surface area contributed by atoms with Gasteiger partial charge < -0.3 is 20.0 Å². The van der Waals surface area contributed by atoms with E-state index in [0.717, 1.165) is 5.75 Å². The summed E-state index contributed by atoms with van der Waals surface area (Å²) in [7, 11) is 8.64. The van der Waals surface area contributed by atoms with Crippen LogP contribution in [0, 0.1) is 13.8 Å². The van der Waals surface area contributed by atoms with Crippen molar-refractivity contribution < 1.29 is 10.2 Å². The van der Waals surface area contributed by atoms with E-state index in [4.69, 9.17) is 0 Å². The second-order valence-electron chi connectivity index (χ2n) is 21.8. The lowest BCUT2D eigenvalue weighted by molar-refractivity contribution is 0.370. The average Bonchev–Trinajstić information content (AvgIpc) is 3.33. The Hall–Kier alpha value is -2.20. The highest BCUT2D eigenvalue weighted by atomic mass is 32.2. The van der Waals surface area contributed by atoms with Crippen molar-refractivity contribution >= 4 is 47.0 Å². The Balaban J connectivity index is 0.000000261. The molecule has 4 nitrogen and oxygen atoms in total. The molecule has 2 aliphatic rings. The Kier molecular flexibility index (Phi) is 26.4. The number of thioether (sulfide) groups is 4. The first kappa shape index (κ1) is 58.7. The third kappa shape index (κ3) is 19.3. The lowest BCUT2D eigenvalue weighted by atomic mass is 9.67. The smallest absolute Gasteiger partial charge is 0.116 e. The van der Waals surface area contributed by atoms with Gasteiger partial charge in [-0.05, 0) is 181 Å². The average molecular weight is 1030 g/mol. The van der Waals surface area contributed by atoms with Gasteiger partial charge in [0.2, 0.25) is 0 Å². The van der Waals surface area contributed by atoms with Crippen LogP contribution in [0.5, 0.6) is 11.5 Å². The molecule has 4 unspecified atom stereocenters. The maximum absolute atomic E-state index is 10.0. The molecule has 2 heterocycles. The summed E-state index contributed by atoms with van der Waals surface area (Å²) in [6, 6.07) is 30.3. The second kappa shape index (κ2) is 31.5. The fraction of sp³-hybridized carbons (Fsp3) is 0.613. The highest BCUT2D eigenvalue weighted by Gasteiger charge is 2.42. The van der Waals surface area contributed by atoms with Gasteiger partial charge in [-0.2, -0.15) is 23.5 Å². The van der Waals surface area contributed by atoms with E-state index in [1.807, 2.05) is 36.0 Å². The van der Waals surface area contributed by atoms with Crippen LogP contribution in [0.3, 0.4) is 0 Å². The van der Waals surface area contributed by atoms with E-state index in [9.17, 15) is 10.2 Å². The van der Waals surface area contributed by atoms with Crippen molar-refractivity contribution in [1.29, 1.82) is 0 Å². The van der Waals surface area contributed by atoms with Crippen LogP contribution in [0.2, 0.25) is 0 Å². The van der Waals surface area contributed by atoms with E-state index in [1.54, 1.807) is 5.56 Å². The number of fused-ring (bicyclic) bond motifs is 2. The van der Waals surface area contributed by atoms with Crippen LogP contribution < -0.4 is 0 Å². The van der Waals surface area contributed by atoms with Gasteiger partial charge in [-0.3, -0.25) is 0 Å². The maximum Gasteiger partial charge on any atom is 0.116 e.